The fraction of sp³-hybridized carbons (Fsp3) is 0.250. The molecule has 0 saturated carbocycles. The third kappa shape index (κ3) is 5.90. The van der Waals surface area contributed by atoms with Gasteiger partial charge in [-0.05, 0) is 23.8 Å². The Balaban J connectivity index is 1.51. The molecule has 0 bridgehead atoms. The minimum Gasteiger partial charge on any atom is -0.349 e. The normalized spacial score (nSPS) is 14.7. The van der Waals surface area contributed by atoms with Crippen LogP contribution in [0.4, 0.5) is 0 Å². The van der Waals surface area contributed by atoms with E-state index in [1.807, 2.05) is 23.1 Å². The maximum atomic E-state index is 12.8. The Morgan fingerprint density at radius 2 is 1.69 bits per heavy atom. The number of hydrogen-bond donors (Lipinski definition) is 1. The SMILES string of the molecule is C=CCNC(=O)c1cccc(C(=O)N2CCN(C/C=C/c3ccccc3)CC2)c1. The molecule has 5 heteroatoms. The van der Waals surface area contributed by atoms with Crippen molar-refractivity contribution in [1.29, 1.82) is 0 Å². The summed E-state index contributed by atoms with van der Waals surface area (Å²) >= 11 is 0. The molecular formula is C24H27N3O2. The predicted octanol–water partition coefficient (Wildman–Crippen LogP) is 3.07. The minimum absolute atomic E-state index is 0.0251. The molecule has 0 unspecified atom stereocenters. The number of rotatable bonds is 7. The molecule has 2 aromatic carbocycles. The molecule has 1 N–H and O–H groups in total. The van der Waals surface area contributed by atoms with Crippen LogP contribution in [0.1, 0.15) is 26.3 Å². The summed E-state index contributed by atoms with van der Waals surface area (Å²) in [5.41, 5.74) is 2.23. The summed E-state index contributed by atoms with van der Waals surface area (Å²) in [6, 6.07) is 17.1. The van der Waals surface area contributed by atoms with Crippen LogP contribution in [-0.4, -0.2) is 60.9 Å². The van der Waals surface area contributed by atoms with E-state index in [9.17, 15) is 9.59 Å². The maximum absolute atomic E-state index is 12.8. The summed E-state index contributed by atoms with van der Waals surface area (Å²) in [7, 11) is 0. The summed E-state index contributed by atoms with van der Waals surface area (Å²) in [5, 5.41) is 2.74. The molecule has 5 nitrogen and oxygen atoms in total. The standard InChI is InChI=1S/C24H27N3O2/c1-2-13-25-23(28)21-11-6-12-22(19-21)24(29)27-17-15-26(16-18-27)14-7-10-20-8-4-3-5-9-20/h2-12,19H,1,13-18H2,(H,25,28)/b10-7+. The van der Waals surface area contributed by atoms with Crippen LogP contribution in [0.5, 0.6) is 0 Å². The van der Waals surface area contributed by atoms with E-state index in [1.165, 1.54) is 5.56 Å². The highest BCUT2D eigenvalue weighted by atomic mass is 16.2. The molecule has 150 valence electrons. The number of hydrogen-bond acceptors (Lipinski definition) is 3. The van der Waals surface area contributed by atoms with E-state index in [-0.39, 0.29) is 11.8 Å². The summed E-state index contributed by atoms with van der Waals surface area (Å²) in [4.78, 5) is 29.1. The van der Waals surface area contributed by atoms with Crippen molar-refractivity contribution in [3.8, 4) is 0 Å². The van der Waals surface area contributed by atoms with E-state index in [2.05, 4.69) is 41.1 Å². The van der Waals surface area contributed by atoms with Gasteiger partial charge in [0.15, 0.2) is 0 Å². The van der Waals surface area contributed by atoms with Crippen molar-refractivity contribution in [3.05, 3.63) is 90.0 Å². The lowest BCUT2D eigenvalue weighted by Crippen LogP contribution is -2.48. The second-order valence-electron chi connectivity index (χ2n) is 6.99. The van der Waals surface area contributed by atoms with Gasteiger partial charge in [-0.3, -0.25) is 14.5 Å². The largest absolute Gasteiger partial charge is 0.349 e. The number of piperazine rings is 1. The molecular weight excluding hydrogens is 362 g/mol. The van der Waals surface area contributed by atoms with Gasteiger partial charge in [0, 0.05) is 50.4 Å². The van der Waals surface area contributed by atoms with Gasteiger partial charge in [-0.15, -0.1) is 6.58 Å². The van der Waals surface area contributed by atoms with Crippen LogP contribution in [0.15, 0.2) is 73.3 Å². The number of amides is 2. The smallest absolute Gasteiger partial charge is 0.253 e. The highest BCUT2D eigenvalue weighted by Gasteiger charge is 2.22. The molecule has 1 heterocycles. The molecule has 2 aromatic rings. The molecule has 0 spiro atoms. The summed E-state index contributed by atoms with van der Waals surface area (Å²) < 4.78 is 0. The number of carbonyl (C=O) groups excluding carboxylic acids is 2. The zero-order chi connectivity index (χ0) is 20.5. The van der Waals surface area contributed by atoms with Gasteiger partial charge in [-0.2, -0.15) is 0 Å². The number of carbonyl (C=O) groups is 2. The molecule has 2 amide bonds. The van der Waals surface area contributed by atoms with Crippen LogP contribution < -0.4 is 5.32 Å². The van der Waals surface area contributed by atoms with Crippen LogP contribution in [0.25, 0.3) is 6.08 Å². The highest BCUT2D eigenvalue weighted by molar-refractivity contribution is 5.99. The van der Waals surface area contributed by atoms with E-state index in [4.69, 9.17) is 0 Å². The Labute approximate surface area is 172 Å². The van der Waals surface area contributed by atoms with E-state index >= 15 is 0 Å². The Morgan fingerprint density at radius 3 is 2.41 bits per heavy atom. The maximum Gasteiger partial charge on any atom is 0.253 e. The van der Waals surface area contributed by atoms with Crippen molar-refractivity contribution in [2.24, 2.45) is 0 Å². The van der Waals surface area contributed by atoms with Crippen molar-refractivity contribution in [1.82, 2.24) is 15.1 Å². The fourth-order valence-electron chi connectivity index (χ4n) is 3.28. The van der Waals surface area contributed by atoms with Gasteiger partial charge in [-0.1, -0.05) is 54.6 Å². The van der Waals surface area contributed by atoms with Crippen molar-refractivity contribution in [3.63, 3.8) is 0 Å². The Morgan fingerprint density at radius 1 is 0.966 bits per heavy atom. The molecule has 1 aliphatic rings. The lowest BCUT2D eigenvalue weighted by molar-refractivity contribution is 0.0650. The van der Waals surface area contributed by atoms with Gasteiger partial charge in [0.1, 0.15) is 0 Å². The number of nitrogens with one attached hydrogen (secondary N) is 1. The Bertz CT molecular complexity index is 869. The van der Waals surface area contributed by atoms with E-state index in [0.29, 0.717) is 30.8 Å². The van der Waals surface area contributed by atoms with E-state index in [0.717, 1.165) is 19.6 Å². The van der Waals surface area contributed by atoms with E-state index in [1.54, 1.807) is 30.3 Å². The van der Waals surface area contributed by atoms with Crippen molar-refractivity contribution < 1.29 is 9.59 Å². The minimum atomic E-state index is -0.199. The number of benzene rings is 2. The molecule has 0 aliphatic carbocycles. The summed E-state index contributed by atoms with van der Waals surface area (Å²) in [6.07, 6.45) is 5.92. The van der Waals surface area contributed by atoms with Crippen molar-refractivity contribution in [2.45, 2.75) is 0 Å². The third-order valence-electron chi connectivity index (χ3n) is 4.91. The molecule has 29 heavy (non-hydrogen) atoms. The van der Waals surface area contributed by atoms with Gasteiger partial charge >= 0.3 is 0 Å². The van der Waals surface area contributed by atoms with Crippen LogP contribution in [-0.2, 0) is 0 Å². The van der Waals surface area contributed by atoms with Crippen molar-refractivity contribution >= 4 is 17.9 Å². The molecule has 1 aliphatic heterocycles. The van der Waals surface area contributed by atoms with Gasteiger partial charge in [0.05, 0.1) is 0 Å². The summed E-state index contributed by atoms with van der Waals surface area (Å²) in [5.74, 6) is -0.225. The molecule has 0 aromatic heterocycles. The Kier molecular flexibility index (Phi) is 7.36. The lowest BCUT2D eigenvalue weighted by atomic mass is 10.1. The zero-order valence-corrected chi connectivity index (χ0v) is 16.6. The molecule has 1 fully saturated rings. The van der Waals surface area contributed by atoms with Gasteiger partial charge < -0.3 is 10.2 Å². The predicted molar refractivity (Wildman–Crippen MR) is 117 cm³/mol. The van der Waals surface area contributed by atoms with Crippen LogP contribution in [0, 0.1) is 0 Å². The first kappa shape index (κ1) is 20.6. The molecule has 3 rings (SSSR count). The van der Waals surface area contributed by atoms with Gasteiger partial charge in [-0.25, -0.2) is 0 Å². The average molecular weight is 389 g/mol. The van der Waals surface area contributed by atoms with Crippen LogP contribution in [0.3, 0.4) is 0 Å². The first-order valence-electron chi connectivity index (χ1n) is 9.90. The first-order valence-corrected chi connectivity index (χ1v) is 9.90. The average Bonchev–Trinajstić information content (AvgIpc) is 2.78. The van der Waals surface area contributed by atoms with Gasteiger partial charge in [0.25, 0.3) is 11.8 Å². The first-order chi connectivity index (χ1) is 14.2. The van der Waals surface area contributed by atoms with Crippen LogP contribution in [0.2, 0.25) is 0 Å². The Hall–Kier alpha value is -3.18. The van der Waals surface area contributed by atoms with Gasteiger partial charge in [0.2, 0.25) is 0 Å². The van der Waals surface area contributed by atoms with Crippen LogP contribution >= 0.6 is 0 Å². The van der Waals surface area contributed by atoms with E-state index < -0.39 is 0 Å². The topological polar surface area (TPSA) is 52.7 Å². The van der Waals surface area contributed by atoms with Crippen molar-refractivity contribution in [2.75, 3.05) is 39.3 Å². The monoisotopic (exact) mass is 389 g/mol. The second-order valence-corrected chi connectivity index (χ2v) is 6.99. The lowest BCUT2D eigenvalue weighted by Gasteiger charge is -2.34. The molecule has 0 radical (unpaired) electrons. The summed E-state index contributed by atoms with van der Waals surface area (Å²) in [6.45, 7) is 7.91. The third-order valence-corrected chi connectivity index (χ3v) is 4.91. The highest BCUT2D eigenvalue weighted by Crippen LogP contribution is 2.12. The zero-order valence-electron chi connectivity index (χ0n) is 16.6. The fourth-order valence-corrected chi connectivity index (χ4v) is 3.28. The second kappa shape index (κ2) is 10.4. The molecule has 0 atom stereocenters. The quantitative estimate of drug-likeness (QED) is 0.741. The number of nitrogens with zero attached hydrogens (tertiary/aromatic N) is 2. The molecule has 1 saturated heterocycles.